The van der Waals surface area contributed by atoms with Crippen LogP contribution in [-0.2, 0) is 15.9 Å². The molecule has 1 aromatic rings. The van der Waals surface area contributed by atoms with Gasteiger partial charge in [-0.3, -0.25) is 4.90 Å². The van der Waals surface area contributed by atoms with Gasteiger partial charge in [0.05, 0.1) is 12.6 Å². The second-order valence-electron chi connectivity index (χ2n) is 6.56. The Kier molecular flexibility index (Phi) is 5.08. The van der Waals surface area contributed by atoms with Crippen LogP contribution < -0.4 is 0 Å². The normalized spacial score (nSPS) is 21.9. The molecule has 0 aromatic heterocycles. The van der Waals surface area contributed by atoms with Crippen LogP contribution in [0.25, 0.3) is 0 Å². The number of alkyl halides is 3. The quantitative estimate of drug-likeness (QED) is 0.761. The molecule has 1 aliphatic rings. The zero-order valence-corrected chi connectivity index (χ0v) is 13.6. The minimum atomic E-state index is -4.76. The standard InChI is InChI=1S/C16H19F4NO3/c1-15(2,3)24-14(22)21-11(9-23-13(21)16(18,19)20)8-10-6-4-5-7-12(10)17/h4-7,11,13H,8-9H2,1-3H3/t11-,13-/m0/s1. The highest BCUT2D eigenvalue weighted by atomic mass is 19.4. The van der Waals surface area contributed by atoms with E-state index in [9.17, 15) is 22.4 Å². The number of hydrogen-bond donors (Lipinski definition) is 0. The predicted octanol–water partition coefficient (Wildman–Crippen LogP) is 3.89. The van der Waals surface area contributed by atoms with Crippen LogP contribution in [0.3, 0.4) is 0 Å². The third-order valence-corrected chi connectivity index (χ3v) is 3.39. The van der Waals surface area contributed by atoms with Gasteiger partial charge in [-0.15, -0.1) is 0 Å². The lowest BCUT2D eigenvalue weighted by Gasteiger charge is -2.31. The van der Waals surface area contributed by atoms with Gasteiger partial charge in [0.2, 0.25) is 6.23 Å². The molecule has 0 saturated carbocycles. The number of ether oxygens (including phenoxy) is 2. The van der Waals surface area contributed by atoms with Crippen molar-refractivity contribution < 1.29 is 31.8 Å². The van der Waals surface area contributed by atoms with Crippen LogP contribution >= 0.6 is 0 Å². The van der Waals surface area contributed by atoms with Crippen LogP contribution in [0, 0.1) is 5.82 Å². The van der Waals surface area contributed by atoms with Crippen LogP contribution in [0.2, 0.25) is 0 Å². The predicted molar refractivity (Wildman–Crippen MR) is 77.8 cm³/mol. The molecular formula is C16H19F4NO3. The summed E-state index contributed by atoms with van der Waals surface area (Å²) in [5.41, 5.74) is -0.749. The first kappa shape index (κ1) is 18.5. The lowest BCUT2D eigenvalue weighted by Crippen LogP contribution is -2.51. The van der Waals surface area contributed by atoms with Crippen LogP contribution in [-0.4, -0.2) is 41.6 Å². The first-order valence-electron chi connectivity index (χ1n) is 7.42. The molecule has 8 heteroatoms. The molecule has 2 rings (SSSR count). The van der Waals surface area contributed by atoms with E-state index in [1.807, 2.05) is 0 Å². The molecule has 1 aliphatic heterocycles. The van der Waals surface area contributed by atoms with Gasteiger partial charge in [-0.05, 0) is 38.8 Å². The van der Waals surface area contributed by atoms with E-state index in [1.165, 1.54) is 18.2 Å². The highest BCUT2D eigenvalue weighted by Gasteiger charge is 2.54. The average molecular weight is 349 g/mol. The van der Waals surface area contributed by atoms with Gasteiger partial charge in [-0.1, -0.05) is 18.2 Å². The Morgan fingerprint density at radius 3 is 2.46 bits per heavy atom. The molecule has 4 nitrogen and oxygen atoms in total. The molecule has 1 amide bonds. The van der Waals surface area contributed by atoms with Crippen molar-refractivity contribution in [3.05, 3.63) is 35.6 Å². The first-order chi connectivity index (χ1) is 11.0. The van der Waals surface area contributed by atoms with Crippen molar-refractivity contribution >= 4 is 6.09 Å². The number of benzene rings is 1. The number of halogens is 4. The van der Waals surface area contributed by atoms with Crippen molar-refractivity contribution in [2.24, 2.45) is 0 Å². The Labute approximate surface area is 137 Å². The van der Waals surface area contributed by atoms with E-state index in [0.717, 1.165) is 0 Å². The Morgan fingerprint density at radius 2 is 1.92 bits per heavy atom. The highest BCUT2D eigenvalue weighted by Crippen LogP contribution is 2.34. The Hall–Kier alpha value is -1.83. The summed E-state index contributed by atoms with van der Waals surface area (Å²) in [5.74, 6) is -0.544. The first-order valence-corrected chi connectivity index (χ1v) is 7.42. The van der Waals surface area contributed by atoms with Crippen molar-refractivity contribution in [3.8, 4) is 0 Å². The third-order valence-electron chi connectivity index (χ3n) is 3.39. The maximum Gasteiger partial charge on any atom is 0.433 e. The van der Waals surface area contributed by atoms with Gasteiger partial charge >= 0.3 is 12.3 Å². The van der Waals surface area contributed by atoms with E-state index in [1.54, 1.807) is 26.8 Å². The Balaban J connectivity index is 2.26. The van der Waals surface area contributed by atoms with Gasteiger partial charge in [0.15, 0.2) is 0 Å². The highest BCUT2D eigenvalue weighted by molar-refractivity contribution is 5.69. The monoisotopic (exact) mass is 349 g/mol. The lowest BCUT2D eigenvalue weighted by atomic mass is 10.1. The molecule has 0 spiro atoms. The average Bonchev–Trinajstić information content (AvgIpc) is 2.83. The Bertz CT molecular complexity index is 598. The van der Waals surface area contributed by atoms with Crippen LogP contribution in [0.5, 0.6) is 0 Å². The molecule has 0 aliphatic carbocycles. The molecule has 0 N–H and O–H groups in total. The fraction of sp³-hybridized carbons (Fsp3) is 0.562. The fourth-order valence-corrected chi connectivity index (χ4v) is 2.44. The molecule has 1 saturated heterocycles. The van der Waals surface area contributed by atoms with Gasteiger partial charge in [-0.25, -0.2) is 9.18 Å². The maximum absolute atomic E-state index is 13.8. The summed E-state index contributed by atoms with van der Waals surface area (Å²) < 4.78 is 63.0. The van der Waals surface area contributed by atoms with Gasteiger partial charge in [-0.2, -0.15) is 13.2 Å². The van der Waals surface area contributed by atoms with Crippen molar-refractivity contribution in [2.45, 2.75) is 51.2 Å². The number of hydrogen-bond acceptors (Lipinski definition) is 3. The second kappa shape index (κ2) is 6.58. The Morgan fingerprint density at radius 1 is 1.29 bits per heavy atom. The van der Waals surface area contributed by atoms with Gasteiger partial charge < -0.3 is 9.47 Å². The van der Waals surface area contributed by atoms with Crippen molar-refractivity contribution in [1.82, 2.24) is 4.90 Å². The van der Waals surface area contributed by atoms with Crippen molar-refractivity contribution in [1.29, 1.82) is 0 Å². The van der Waals surface area contributed by atoms with E-state index in [0.29, 0.717) is 4.90 Å². The SMILES string of the molecule is CC(C)(C)OC(=O)N1[C@@H](Cc2ccccc2F)CO[C@H]1C(F)(F)F. The lowest BCUT2D eigenvalue weighted by molar-refractivity contribution is -0.236. The summed E-state index contributed by atoms with van der Waals surface area (Å²) in [5, 5.41) is 0. The summed E-state index contributed by atoms with van der Waals surface area (Å²) >= 11 is 0. The molecule has 0 radical (unpaired) electrons. The van der Waals surface area contributed by atoms with Gasteiger partial charge in [0.1, 0.15) is 11.4 Å². The maximum atomic E-state index is 13.8. The van der Waals surface area contributed by atoms with Gasteiger partial charge in [0.25, 0.3) is 0 Å². The zero-order chi connectivity index (χ0) is 18.1. The van der Waals surface area contributed by atoms with Crippen LogP contribution in [0.4, 0.5) is 22.4 Å². The number of amides is 1. The van der Waals surface area contributed by atoms with Gasteiger partial charge in [0, 0.05) is 0 Å². The number of carbonyl (C=O) groups excluding carboxylic acids is 1. The molecule has 0 unspecified atom stereocenters. The van der Waals surface area contributed by atoms with E-state index >= 15 is 0 Å². The minimum absolute atomic E-state index is 0.0987. The topological polar surface area (TPSA) is 38.8 Å². The smallest absolute Gasteiger partial charge is 0.433 e. The molecule has 1 aromatic carbocycles. The van der Waals surface area contributed by atoms with E-state index in [-0.39, 0.29) is 18.6 Å². The molecule has 0 bridgehead atoms. The third kappa shape index (κ3) is 4.37. The molecule has 24 heavy (non-hydrogen) atoms. The van der Waals surface area contributed by atoms with Crippen molar-refractivity contribution in [3.63, 3.8) is 0 Å². The number of nitrogens with zero attached hydrogens (tertiary/aromatic N) is 1. The zero-order valence-electron chi connectivity index (χ0n) is 13.6. The van der Waals surface area contributed by atoms with E-state index in [4.69, 9.17) is 9.47 Å². The summed E-state index contributed by atoms with van der Waals surface area (Å²) in [6.07, 6.45) is -8.40. The summed E-state index contributed by atoms with van der Waals surface area (Å²) in [6.45, 7) is 4.31. The van der Waals surface area contributed by atoms with E-state index < -0.39 is 36.0 Å². The van der Waals surface area contributed by atoms with Crippen LogP contribution in [0.1, 0.15) is 26.3 Å². The van der Waals surface area contributed by atoms with Crippen molar-refractivity contribution in [2.75, 3.05) is 6.61 Å². The fourth-order valence-electron chi connectivity index (χ4n) is 2.44. The largest absolute Gasteiger partial charge is 0.444 e. The van der Waals surface area contributed by atoms with Crippen LogP contribution in [0.15, 0.2) is 24.3 Å². The minimum Gasteiger partial charge on any atom is -0.444 e. The van der Waals surface area contributed by atoms with E-state index in [2.05, 4.69) is 0 Å². The molecule has 1 fully saturated rings. The number of carbonyl (C=O) groups is 1. The number of rotatable bonds is 2. The summed E-state index contributed by atoms with van der Waals surface area (Å²) in [6, 6.07) is 4.76. The molecule has 1 heterocycles. The molecule has 2 atom stereocenters. The second-order valence-corrected chi connectivity index (χ2v) is 6.56. The molecule has 134 valence electrons. The molecular weight excluding hydrogens is 330 g/mol. The summed E-state index contributed by atoms with van der Waals surface area (Å²) in [7, 11) is 0. The summed E-state index contributed by atoms with van der Waals surface area (Å²) in [4.78, 5) is 12.7.